The molecule has 3 heteroatoms. The number of hydrogen-bond acceptors (Lipinski definition) is 2. The van der Waals surface area contributed by atoms with Gasteiger partial charge in [-0.1, -0.05) is 24.3 Å². The first kappa shape index (κ1) is 11.1. The highest BCUT2D eigenvalue weighted by atomic mass is 19.1. The molecule has 0 spiro atoms. The quantitative estimate of drug-likeness (QED) is 0.795. The van der Waals surface area contributed by atoms with Crippen LogP contribution >= 0.6 is 0 Å². The summed E-state index contributed by atoms with van der Waals surface area (Å²) in [4.78, 5) is 2.03. The predicted octanol–water partition coefficient (Wildman–Crippen LogP) is 1.75. The lowest BCUT2D eigenvalue weighted by molar-refractivity contribution is 0.141. The molecule has 14 heavy (non-hydrogen) atoms. The van der Waals surface area contributed by atoms with Crippen LogP contribution in [0.15, 0.2) is 24.3 Å². The molecule has 0 amide bonds. The fourth-order valence-corrected chi connectivity index (χ4v) is 1.35. The Morgan fingerprint density at radius 1 is 1.43 bits per heavy atom. The van der Waals surface area contributed by atoms with Crippen LogP contribution in [0.5, 0.6) is 0 Å². The molecule has 0 aliphatic rings. The van der Waals surface area contributed by atoms with Gasteiger partial charge in [-0.3, -0.25) is 0 Å². The van der Waals surface area contributed by atoms with Gasteiger partial charge in [-0.05, 0) is 25.2 Å². The van der Waals surface area contributed by atoms with E-state index in [1.165, 1.54) is 0 Å². The molecule has 1 rings (SSSR count). The third-order valence-corrected chi connectivity index (χ3v) is 1.98. The summed E-state index contributed by atoms with van der Waals surface area (Å²) in [5.74, 6) is 0. The Kier molecular flexibility index (Phi) is 4.04. The summed E-state index contributed by atoms with van der Waals surface area (Å²) < 4.78 is 12.2. The second kappa shape index (κ2) is 5.08. The van der Waals surface area contributed by atoms with E-state index in [1.807, 2.05) is 37.2 Å². The van der Waals surface area contributed by atoms with Crippen molar-refractivity contribution in [3.8, 4) is 0 Å². The minimum atomic E-state index is -0.989. The number of alkyl halides is 1. The van der Waals surface area contributed by atoms with Gasteiger partial charge in [0.1, 0.15) is 12.8 Å². The van der Waals surface area contributed by atoms with E-state index in [2.05, 4.69) is 0 Å². The van der Waals surface area contributed by atoms with Crippen LogP contribution in [0, 0.1) is 0 Å². The maximum absolute atomic E-state index is 12.2. The fourth-order valence-electron chi connectivity index (χ4n) is 1.35. The number of aliphatic hydroxyl groups is 1. The first-order valence-electron chi connectivity index (χ1n) is 4.61. The van der Waals surface area contributed by atoms with Crippen LogP contribution in [0.1, 0.15) is 17.2 Å². The largest absolute Gasteiger partial charge is 0.386 e. The average Bonchev–Trinajstić information content (AvgIpc) is 2.16. The fraction of sp³-hybridized carbons (Fsp3) is 0.455. The molecule has 1 atom stereocenters. The third-order valence-electron chi connectivity index (χ3n) is 1.98. The van der Waals surface area contributed by atoms with Crippen LogP contribution in [0.4, 0.5) is 4.39 Å². The van der Waals surface area contributed by atoms with Crippen molar-refractivity contribution in [2.75, 3.05) is 20.8 Å². The van der Waals surface area contributed by atoms with Crippen LogP contribution in [0.3, 0.4) is 0 Å². The first-order chi connectivity index (χ1) is 6.63. The molecule has 1 aromatic carbocycles. The van der Waals surface area contributed by atoms with Gasteiger partial charge in [0, 0.05) is 6.54 Å². The highest BCUT2D eigenvalue weighted by molar-refractivity contribution is 5.25. The molecule has 0 bridgehead atoms. The molecule has 1 unspecified atom stereocenters. The molecule has 0 saturated heterocycles. The lowest BCUT2D eigenvalue weighted by Crippen LogP contribution is -2.11. The molecule has 1 aromatic rings. The van der Waals surface area contributed by atoms with E-state index in [0.29, 0.717) is 5.56 Å². The van der Waals surface area contributed by atoms with Crippen molar-refractivity contribution in [3.63, 3.8) is 0 Å². The van der Waals surface area contributed by atoms with E-state index in [9.17, 15) is 9.50 Å². The van der Waals surface area contributed by atoms with Crippen LogP contribution in [-0.2, 0) is 6.54 Å². The Balaban J connectivity index is 2.78. The molecule has 2 nitrogen and oxygen atoms in total. The smallest absolute Gasteiger partial charge is 0.119 e. The molecular formula is C11H16FNO. The number of rotatable bonds is 4. The zero-order valence-electron chi connectivity index (χ0n) is 8.57. The lowest BCUT2D eigenvalue weighted by atomic mass is 10.1. The van der Waals surface area contributed by atoms with Crippen LogP contribution in [0.25, 0.3) is 0 Å². The SMILES string of the molecule is CN(C)Cc1cccc(C(O)CF)c1. The van der Waals surface area contributed by atoms with Crippen molar-refractivity contribution in [1.82, 2.24) is 4.90 Å². The molecule has 0 saturated carbocycles. The van der Waals surface area contributed by atoms with Gasteiger partial charge in [0.05, 0.1) is 0 Å². The van der Waals surface area contributed by atoms with E-state index >= 15 is 0 Å². The molecule has 0 heterocycles. The zero-order valence-corrected chi connectivity index (χ0v) is 8.57. The molecular weight excluding hydrogens is 181 g/mol. The molecule has 1 N–H and O–H groups in total. The minimum Gasteiger partial charge on any atom is -0.386 e. The van der Waals surface area contributed by atoms with Crippen molar-refractivity contribution in [2.24, 2.45) is 0 Å². The van der Waals surface area contributed by atoms with E-state index < -0.39 is 12.8 Å². The summed E-state index contributed by atoms with van der Waals surface area (Å²) >= 11 is 0. The summed E-state index contributed by atoms with van der Waals surface area (Å²) in [6.07, 6.45) is -0.989. The maximum Gasteiger partial charge on any atom is 0.119 e. The van der Waals surface area contributed by atoms with Crippen LogP contribution < -0.4 is 0 Å². The molecule has 78 valence electrons. The van der Waals surface area contributed by atoms with Gasteiger partial charge in [0.25, 0.3) is 0 Å². The Labute approximate surface area is 84.0 Å². The van der Waals surface area contributed by atoms with E-state index in [4.69, 9.17) is 0 Å². The summed E-state index contributed by atoms with van der Waals surface area (Å²) in [6.45, 7) is 0.0677. The molecule has 0 fully saturated rings. The Hall–Kier alpha value is -0.930. The number of nitrogens with zero attached hydrogens (tertiary/aromatic N) is 1. The van der Waals surface area contributed by atoms with E-state index in [1.54, 1.807) is 6.07 Å². The minimum absolute atomic E-state index is 0.645. The van der Waals surface area contributed by atoms with E-state index in [0.717, 1.165) is 12.1 Å². The van der Waals surface area contributed by atoms with Gasteiger partial charge in [-0.25, -0.2) is 4.39 Å². The molecule has 0 aliphatic heterocycles. The highest BCUT2D eigenvalue weighted by Crippen LogP contribution is 2.15. The third kappa shape index (κ3) is 3.09. The maximum atomic E-state index is 12.2. The van der Waals surface area contributed by atoms with Gasteiger partial charge in [0.15, 0.2) is 0 Å². The van der Waals surface area contributed by atoms with Crippen LogP contribution in [-0.4, -0.2) is 30.8 Å². The summed E-state index contributed by atoms with van der Waals surface area (Å²) in [5, 5.41) is 9.30. The first-order valence-corrected chi connectivity index (χ1v) is 4.61. The van der Waals surface area contributed by atoms with Gasteiger partial charge in [-0.2, -0.15) is 0 Å². The number of hydrogen-bond donors (Lipinski definition) is 1. The second-order valence-corrected chi connectivity index (χ2v) is 3.65. The second-order valence-electron chi connectivity index (χ2n) is 3.65. The Morgan fingerprint density at radius 2 is 2.14 bits per heavy atom. The number of aliphatic hydroxyl groups excluding tert-OH is 1. The monoisotopic (exact) mass is 197 g/mol. The van der Waals surface area contributed by atoms with Gasteiger partial charge in [0.2, 0.25) is 0 Å². The molecule has 0 radical (unpaired) electrons. The normalized spacial score (nSPS) is 13.2. The summed E-state index contributed by atoms with van der Waals surface area (Å²) in [5.41, 5.74) is 1.73. The highest BCUT2D eigenvalue weighted by Gasteiger charge is 2.06. The van der Waals surface area contributed by atoms with Crippen molar-refractivity contribution < 1.29 is 9.50 Å². The van der Waals surface area contributed by atoms with Crippen LogP contribution in [0.2, 0.25) is 0 Å². The predicted molar refractivity (Wildman–Crippen MR) is 54.8 cm³/mol. The average molecular weight is 197 g/mol. The molecule has 0 aromatic heterocycles. The Morgan fingerprint density at radius 3 is 2.71 bits per heavy atom. The molecule has 0 aliphatic carbocycles. The topological polar surface area (TPSA) is 23.5 Å². The number of benzene rings is 1. The van der Waals surface area contributed by atoms with Crippen molar-refractivity contribution >= 4 is 0 Å². The number of halogens is 1. The standard InChI is InChI=1S/C11H16FNO/c1-13(2)8-9-4-3-5-10(6-9)11(14)7-12/h3-6,11,14H,7-8H2,1-2H3. The van der Waals surface area contributed by atoms with Gasteiger partial charge >= 0.3 is 0 Å². The summed E-state index contributed by atoms with van der Waals surface area (Å²) in [7, 11) is 3.94. The van der Waals surface area contributed by atoms with Crippen molar-refractivity contribution in [2.45, 2.75) is 12.6 Å². The Bertz CT molecular complexity index is 288. The van der Waals surface area contributed by atoms with Gasteiger partial charge < -0.3 is 10.0 Å². The zero-order chi connectivity index (χ0) is 10.6. The van der Waals surface area contributed by atoms with Crippen molar-refractivity contribution in [1.29, 1.82) is 0 Å². The van der Waals surface area contributed by atoms with E-state index in [-0.39, 0.29) is 0 Å². The lowest BCUT2D eigenvalue weighted by Gasteiger charge is -2.12. The summed E-state index contributed by atoms with van der Waals surface area (Å²) in [6, 6.07) is 7.38. The van der Waals surface area contributed by atoms with Crippen molar-refractivity contribution in [3.05, 3.63) is 35.4 Å². The van der Waals surface area contributed by atoms with Gasteiger partial charge in [-0.15, -0.1) is 0 Å².